The molecule has 0 aliphatic carbocycles. The van der Waals surface area contributed by atoms with Gasteiger partial charge in [0.1, 0.15) is 0 Å². The van der Waals surface area contributed by atoms with E-state index in [9.17, 15) is 14.4 Å². The Morgan fingerprint density at radius 3 is 2.43 bits per heavy atom. The average molecular weight is 401 g/mol. The van der Waals surface area contributed by atoms with Gasteiger partial charge in [0.15, 0.2) is 5.13 Å². The molecule has 28 heavy (non-hydrogen) atoms. The third kappa shape index (κ3) is 5.07. The molecular formula is C19H23N5O3S. The fraction of sp³-hybridized carbons (Fsp3) is 0.368. The topological polar surface area (TPSA) is 94.6 Å². The summed E-state index contributed by atoms with van der Waals surface area (Å²) in [5.41, 5.74) is 2.38. The van der Waals surface area contributed by atoms with Crippen molar-refractivity contribution < 1.29 is 14.4 Å². The average Bonchev–Trinajstić information content (AvgIpc) is 3.10. The molecule has 1 aromatic heterocycles. The largest absolute Gasteiger partial charge is 0.339 e. The van der Waals surface area contributed by atoms with E-state index in [1.807, 2.05) is 31.2 Å². The van der Waals surface area contributed by atoms with Gasteiger partial charge in [-0.05, 0) is 18.6 Å². The summed E-state index contributed by atoms with van der Waals surface area (Å²) in [6, 6.07) is 7.33. The molecule has 148 valence electrons. The molecule has 2 heterocycles. The standard InChI is InChI=1S/C19H23N5O3S/c1-13-5-3-4-6-16(13)21-17(26)11-15-12-28-18(20-15)22-19(27)24-9-7-23(8-10-24)14(2)25/h3-6,12H,7-11H2,1-2H3,(H,21,26)(H,20,22,27). The van der Waals surface area contributed by atoms with Crippen LogP contribution < -0.4 is 10.6 Å². The van der Waals surface area contributed by atoms with Crippen LogP contribution >= 0.6 is 11.3 Å². The number of urea groups is 1. The Labute approximate surface area is 167 Å². The summed E-state index contributed by atoms with van der Waals surface area (Å²) in [4.78, 5) is 43.6. The lowest BCUT2D eigenvalue weighted by atomic mass is 10.2. The minimum Gasteiger partial charge on any atom is -0.339 e. The van der Waals surface area contributed by atoms with E-state index in [0.717, 1.165) is 11.3 Å². The lowest BCUT2D eigenvalue weighted by molar-refractivity contribution is -0.130. The van der Waals surface area contributed by atoms with Crippen LogP contribution in [0.1, 0.15) is 18.2 Å². The van der Waals surface area contributed by atoms with E-state index < -0.39 is 0 Å². The summed E-state index contributed by atoms with van der Waals surface area (Å²) in [6.45, 7) is 5.51. The molecule has 0 unspecified atom stereocenters. The molecule has 1 aliphatic rings. The monoisotopic (exact) mass is 401 g/mol. The number of benzene rings is 1. The second-order valence-electron chi connectivity index (χ2n) is 6.61. The van der Waals surface area contributed by atoms with Crippen molar-refractivity contribution >= 4 is 40.0 Å². The van der Waals surface area contributed by atoms with Crippen LogP contribution in [0, 0.1) is 6.92 Å². The van der Waals surface area contributed by atoms with Crippen molar-refractivity contribution in [2.45, 2.75) is 20.3 Å². The molecule has 9 heteroatoms. The number of hydrogen-bond acceptors (Lipinski definition) is 5. The SMILES string of the molecule is CC(=O)N1CCN(C(=O)Nc2nc(CC(=O)Nc3ccccc3C)cs2)CC1. The van der Waals surface area contributed by atoms with Crippen LogP contribution in [-0.2, 0) is 16.0 Å². The quantitative estimate of drug-likeness (QED) is 0.822. The van der Waals surface area contributed by atoms with Crippen LogP contribution in [0.2, 0.25) is 0 Å². The van der Waals surface area contributed by atoms with E-state index >= 15 is 0 Å². The first-order chi connectivity index (χ1) is 13.4. The Bertz CT molecular complexity index is 874. The summed E-state index contributed by atoms with van der Waals surface area (Å²) >= 11 is 1.28. The Kier molecular flexibility index (Phi) is 6.25. The third-order valence-corrected chi connectivity index (χ3v) is 5.35. The molecule has 0 atom stereocenters. The van der Waals surface area contributed by atoms with Crippen molar-refractivity contribution in [3.63, 3.8) is 0 Å². The number of thiazole rings is 1. The van der Waals surface area contributed by atoms with Crippen molar-refractivity contribution in [3.05, 3.63) is 40.9 Å². The smallest absolute Gasteiger partial charge is 0.323 e. The van der Waals surface area contributed by atoms with Gasteiger partial charge in [-0.2, -0.15) is 0 Å². The molecule has 2 aromatic rings. The highest BCUT2D eigenvalue weighted by Gasteiger charge is 2.23. The fourth-order valence-corrected chi connectivity index (χ4v) is 3.61. The highest BCUT2D eigenvalue weighted by molar-refractivity contribution is 7.13. The highest BCUT2D eigenvalue weighted by atomic mass is 32.1. The summed E-state index contributed by atoms with van der Waals surface area (Å²) in [6.07, 6.45) is 0.137. The van der Waals surface area contributed by atoms with Gasteiger partial charge in [-0.3, -0.25) is 14.9 Å². The summed E-state index contributed by atoms with van der Waals surface area (Å²) < 4.78 is 0. The Morgan fingerprint density at radius 1 is 1.07 bits per heavy atom. The van der Waals surface area contributed by atoms with Crippen molar-refractivity contribution in [2.24, 2.45) is 0 Å². The zero-order chi connectivity index (χ0) is 20.1. The Morgan fingerprint density at radius 2 is 1.75 bits per heavy atom. The molecule has 4 amide bonds. The number of nitrogens with zero attached hydrogens (tertiary/aromatic N) is 3. The summed E-state index contributed by atoms with van der Waals surface area (Å²) in [5, 5.41) is 7.86. The minimum absolute atomic E-state index is 0.0218. The van der Waals surface area contributed by atoms with Gasteiger partial charge in [-0.25, -0.2) is 9.78 Å². The molecule has 1 aromatic carbocycles. The summed E-state index contributed by atoms with van der Waals surface area (Å²) in [5.74, 6) is -0.133. The van der Waals surface area contributed by atoms with E-state index in [1.54, 1.807) is 15.2 Å². The zero-order valence-electron chi connectivity index (χ0n) is 15.9. The van der Waals surface area contributed by atoms with Crippen LogP contribution in [0.3, 0.4) is 0 Å². The molecule has 2 N–H and O–H groups in total. The number of rotatable bonds is 4. The maximum absolute atomic E-state index is 12.4. The maximum atomic E-state index is 12.4. The van der Waals surface area contributed by atoms with Crippen LogP contribution in [0.25, 0.3) is 0 Å². The van der Waals surface area contributed by atoms with Crippen LogP contribution in [0.5, 0.6) is 0 Å². The van der Waals surface area contributed by atoms with Crippen molar-refractivity contribution in [1.29, 1.82) is 0 Å². The fourth-order valence-electron chi connectivity index (χ4n) is 2.91. The predicted octanol–water partition coefficient (Wildman–Crippen LogP) is 2.33. The van der Waals surface area contributed by atoms with Crippen LogP contribution in [-0.4, -0.2) is 58.8 Å². The molecule has 3 rings (SSSR count). The van der Waals surface area contributed by atoms with Crippen molar-refractivity contribution in [3.8, 4) is 0 Å². The van der Waals surface area contributed by atoms with Gasteiger partial charge in [0, 0.05) is 44.2 Å². The number of amides is 4. The molecular weight excluding hydrogens is 378 g/mol. The second-order valence-corrected chi connectivity index (χ2v) is 7.47. The Hall–Kier alpha value is -2.94. The highest BCUT2D eigenvalue weighted by Crippen LogP contribution is 2.18. The number of carbonyl (C=O) groups is 3. The second kappa shape index (κ2) is 8.83. The van der Waals surface area contributed by atoms with E-state index in [4.69, 9.17) is 0 Å². The molecule has 8 nitrogen and oxygen atoms in total. The molecule has 0 bridgehead atoms. The van der Waals surface area contributed by atoms with E-state index in [0.29, 0.717) is 37.0 Å². The molecule has 1 fully saturated rings. The van der Waals surface area contributed by atoms with Crippen LogP contribution in [0.4, 0.5) is 15.6 Å². The third-order valence-electron chi connectivity index (χ3n) is 4.54. The van der Waals surface area contributed by atoms with Crippen LogP contribution in [0.15, 0.2) is 29.6 Å². The van der Waals surface area contributed by atoms with Gasteiger partial charge in [0.25, 0.3) is 0 Å². The number of anilines is 2. The maximum Gasteiger partial charge on any atom is 0.323 e. The lowest BCUT2D eigenvalue weighted by Gasteiger charge is -2.33. The molecule has 0 radical (unpaired) electrons. The van der Waals surface area contributed by atoms with Gasteiger partial charge < -0.3 is 15.1 Å². The van der Waals surface area contributed by atoms with Gasteiger partial charge >= 0.3 is 6.03 Å². The molecule has 0 spiro atoms. The number of hydrogen-bond donors (Lipinski definition) is 2. The summed E-state index contributed by atoms with van der Waals surface area (Å²) in [7, 11) is 0. The van der Waals surface area contributed by atoms with Gasteiger partial charge in [-0.1, -0.05) is 18.2 Å². The number of aryl methyl sites for hydroxylation is 1. The number of piperazine rings is 1. The molecule has 1 saturated heterocycles. The molecule has 0 saturated carbocycles. The number of para-hydroxylation sites is 1. The first-order valence-corrected chi connectivity index (χ1v) is 9.91. The first kappa shape index (κ1) is 19.8. The number of nitrogens with one attached hydrogen (secondary N) is 2. The minimum atomic E-state index is -0.242. The van der Waals surface area contributed by atoms with E-state index in [2.05, 4.69) is 15.6 Å². The normalized spacial score (nSPS) is 13.9. The van der Waals surface area contributed by atoms with Gasteiger partial charge in [0.05, 0.1) is 12.1 Å². The lowest BCUT2D eigenvalue weighted by Crippen LogP contribution is -2.51. The van der Waals surface area contributed by atoms with Crippen molar-refractivity contribution in [2.75, 3.05) is 36.8 Å². The zero-order valence-corrected chi connectivity index (χ0v) is 16.7. The predicted molar refractivity (Wildman–Crippen MR) is 108 cm³/mol. The first-order valence-electron chi connectivity index (χ1n) is 9.03. The van der Waals surface area contributed by atoms with Gasteiger partial charge in [-0.15, -0.1) is 11.3 Å². The van der Waals surface area contributed by atoms with Gasteiger partial charge in [0.2, 0.25) is 11.8 Å². The van der Waals surface area contributed by atoms with E-state index in [1.165, 1.54) is 18.3 Å². The Balaban J connectivity index is 1.50. The van der Waals surface area contributed by atoms with Crippen molar-refractivity contribution in [1.82, 2.24) is 14.8 Å². The molecule has 1 aliphatic heterocycles. The number of carbonyl (C=O) groups excluding carboxylic acids is 3. The number of aromatic nitrogens is 1. The van der Waals surface area contributed by atoms with E-state index in [-0.39, 0.29) is 24.3 Å².